The van der Waals surface area contributed by atoms with Crippen molar-refractivity contribution in [1.82, 2.24) is 10.6 Å². The third-order valence-electron chi connectivity index (χ3n) is 1.31. The normalized spacial score (nSPS) is 10.8. The van der Waals surface area contributed by atoms with Crippen molar-refractivity contribution < 1.29 is 37.6 Å². The number of halogens is 1. The lowest BCUT2D eigenvalue weighted by Gasteiger charge is -2.05. The van der Waals surface area contributed by atoms with Gasteiger partial charge in [-0.3, -0.25) is 14.4 Å². The summed E-state index contributed by atoms with van der Waals surface area (Å²) in [6.07, 6.45) is 0. The molecule has 2 amide bonds. The number of carbonyl (C=O) groups excluding carboxylic acids is 2. The van der Waals surface area contributed by atoms with Gasteiger partial charge in [0.1, 0.15) is 6.54 Å². The molecule has 1 atom stereocenters. The highest BCUT2D eigenvalue weighted by atomic mass is 35.5. The molecule has 0 aromatic heterocycles. The first kappa shape index (κ1) is 16.1. The van der Waals surface area contributed by atoms with E-state index in [-0.39, 0.29) is 24.9 Å². The van der Waals surface area contributed by atoms with Crippen LogP contribution >= 0.6 is 0 Å². The van der Waals surface area contributed by atoms with Gasteiger partial charge in [0, 0.05) is 0 Å². The molecule has 15 heavy (non-hydrogen) atoms. The first-order chi connectivity index (χ1) is 6.43. The number of amides is 2. The Hall–Kier alpha value is -1.34. The van der Waals surface area contributed by atoms with Crippen LogP contribution in [0.2, 0.25) is 0 Å². The molecule has 0 aliphatic rings. The fourth-order valence-corrected chi connectivity index (χ4v) is 0.578. The summed E-state index contributed by atoms with van der Waals surface area (Å²) in [4.78, 5) is 31.8. The summed E-state index contributed by atoms with van der Waals surface area (Å²) in [5.41, 5.74) is 3.45. The van der Waals surface area contributed by atoms with E-state index in [0.29, 0.717) is 0 Å². The first-order valence-electron chi connectivity index (χ1n) is 4.02. The van der Waals surface area contributed by atoms with Crippen molar-refractivity contribution in [1.29, 1.82) is 0 Å². The number of nitrogens with one attached hydrogen (secondary N) is 2. The summed E-state index contributed by atoms with van der Waals surface area (Å²) in [5.74, 6) is -2.02. The van der Waals surface area contributed by atoms with Crippen LogP contribution in [-0.4, -0.2) is 42.0 Å². The number of hydrogen-bond acceptors (Lipinski definition) is 3. The fraction of sp³-hybridized carbons (Fsp3) is 0.571. The number of carbonyl (C=O) groups is 3. The molecule has 0 aliphatic heterocycles. The Morgan fingerprint density at radius 3 is 2.20 bits per heavy atom. The molecular weight excluding hydrogens is 226 g/mol. The predicted octanol–water partition coefficient (Wildman–Crippen LogP) is -6.06. The molecule has 0 spiro atoms. The Morgan fingerprint density at radius 1 is 1.27 bits per heavy atom. The molecule has 0 aliphatic carbocycles. The monoisotopic (exact) mass is 239 g/mol. The van der Waals surface area contributed by atoms with E-state index in [1.54, 1.807) is 6.92 Å². The largest absolute Gasteiger partial charge is 1.00 e. The molecule has 7 nitrogen and oxygen atoms in total. The molecule has 0 aromatic carbocycles. The minimum atomic E-state index is -1.13. The van der Waals surface area contributed by atoms with Crippen LogP contribution in [0, 0.1) is 0 Å². The van der Waals surface area contributed by atoms with Crippen molar-refractivity contribution in [2.75, 3.05) is 13.1 Å². The van der Waals surface area contributed by atoms with Gasteiger partial charge in [0.25, 0.3) is 5.91 Å². The summed E-state index contributed by atoms with van der Waals surface area (Å²) >= 11 is 0. The zero-order valence-electron chi connectivity index (χ0n) is 8.25. The van der Waals surface area contributed by atoms with E-state index < -0.39 is 24.5 Å². The van der Waals surface area contributed by atoms with Crippen molar-refractivity contribution in [2.24, 2.45) is 0 Å². The summed E-state index contributed by atoms with van der Waals surface area (Å²) < 4.78 is 0. The summed E-state index contributed by atoms with van der Waals surface area (Å²) in [6.45, 7) is 0.908. The topological polar surface area (TPSA) is 123 Å². The maximum atomic E-state index is 10.9. The van der Waals surface area contributed by atoms with Crippen LogP contribution in [0.5, 0.6) is 0 Å². The van der Waals surface area contributed by atoms with E-state index >= 15 is 0 Å². The van der Waals surface area contributed by atoms with E-state index in [1.165, 1.54) is 0 Å². The van der Waals surface area contributed by atoms with Gasteiger partial charge in [0.15, 0.2) is 6.04 Å². The lowest BCUT2D eigenvalue weighted by molar-refractivity contribution is -0.398. The number of carboxylic acid groups (broad SMARTS) is 1. The van der Waals surface area contributed by atoms with Crippen LogP contribution < -0.4 is 28.8 Å². The van der Waals surface area contributed by atoms with E-state index in [9.17, 15) is 14.4 Å². The molecule has 0 heterocycles. The molecular formula is C7H14ClN3O4. The zero-order chi connectivity index (χ0) is 11.1. The third kappa shape index (κ3) is 8.98. The average molecular weight is 240 g/mol. The lowest BCUT2D eigenvalue weighted by atomic mass is 10.3. The summed E-state index contributed by atoms with van der Waals surface area (Å²) in [5, 5.41) is 12.6. The van der Waals surface area contributed by atoms with Crippen LogP contribution in [0.15, 0.2) is 0 Å². The molecule has 8 heteroatoms. The lowest BCUT2D eigenvalue weighted by Crippen LogP contribution is -3.00. The standard InChI is InChI=1S/C7H13N3O4.ClH/c1-4(8)7(14)10-2-5(11)9-3-6(12)13;/h4H,2-3,8H2,1H3,(H,9,11)(H,10,14)(H,12,13);1H/t4-;/m0./s1. The third-order valence-corrected chi connectivity index (χ3v) is 1.31. The highest BCUT2D eigenvalue weighted by molar-refractivity contribution is 5.87. The summed E-state index contributed by atoms with van der Waals surface area (Å²) in [6, 6.07) is -0.442. The molecule has 0 radical (unpaired) electrons. The van der Waals surface area contributed by atoms with Gasteiger partial charge in [0.05, 0.1) is 6.54 Å². The number of aliphatic carboxylic acids is 1. The van der Waals surface area contributed by atoms with Crippen molar-refractivity contribution in [3.05, 3.63) is 0 Å². The minimum absolute atomic E-state index is 0. The van der Waals surface area contributed by atoms with Gasteiger partial charge < -0.3 is 33.9 Å². The number of quaternary nitrogens is 1. The van der Waals surface area contributed by atoms with E-state index in [1.807, 2.05) is 0 Å². The Bertz CT molecular complexity index is 244. The average Bonchev–Trinajstić information content (AvgIpc) is 2.10. The maximum absolute atomic E-state index is 10.9. The van der Waals surface area contributed by atoms with Crippen LogP contribution in [0.4, 0.5) is 0 Å². The van der Waals surface area contributed by atoms with E-state index in [2.05, 4.69) is 16.4 Å². The van der Waals surface area contributed by atoms with Gasteiger partial charge in [-0.1, -0.05) is 0 Å². The van der Waals surface area contributed by atoms with Crippen molar-refractivity contribution >= 4 is 17.8 Å². The molecule has 88 valence electrons. The molecule has 0 unspecified atom stereocenters. The van der Waals surface area contributed by atoms with Gasteiger partial charge in [-0.25, -0.2) is 0 Å². The molecule has 0 saturated carbocycles. The van der Waals surface area contributed by atoms with E-state index in [4.69, 9.17) is 5.11 Å². The Morgan fingerprint density at radius 2 is 1.80 bits per heavy atom. The fourth-order valence-electron chi connectivity index (χ4n) is 0.578. The molecule has 6 N–H and O–H groups in total. The van der Waals surface area contributed by atoms with Gasteiger partial charge in [0.2, 0.25) is 5.91 Å². The van der Waals surface area contributed by atoms with Crippen LogP contribution in [-0.2, 0) is 14.4 Å². The quantitative estimate of drug-likeness (QED) is 0.381. The van der Waals surface area contributed by atoms with Crippen molar-refractivity contribution in [3.63, 3.8) is 0 Å². The number of carboxylic acids is 1. The van der Waals surface area contributed by atoms with E-state index in [0.717, 1.165) is 0 Å². The van der Waals surface area contributed by atoms with Crippen LogP contribution in [0.1, 0.15) is 6.92 Å². The molecule has 0 aromatic rings. The molecule has 0 fully saturated rings. The first-order valence-corrected chi connectivity index (χ1v) is 4.02. The molecule has 0 saturated heterocycles. The Balaban J connectivity index is 0. The second-order valence-corrected chi connectivity index (χ2v) is 2.79. The maximum Gasteiger partial charge on any atom is 0.322 e. The number of rotatable bonds is 5. The molecule has 0 bridgehead atoms. The highest BCUT2D eigenvalue weighted by Gasteiger charge is 2.11. The van der Waals surface area contributed by atoms with Crippen LogP contribution in [0.25, 0.3) is 0 Å². The van der Waals surface area contributed by atoms with Crippen molar-refractivity contribution in [3.8, 4) is 0 Å². The van der Waals surface area contributed by atoms with Crippen molar-refractivity contribution in [2.45, 2.75) is 13.0 Å². The smallest absolute Gasteiger partial charge is 0.322 e. The second kappa shape index (κ2) is 8.01. The van der Waals surface area contributed by atoms with Crippen LogP contribution in [0.3, 0.4) is 0 Å². The highest BCUT2D eigenvalue weighted by Crippen LogP contribution is 1.72. The minimum Gasteiger partial charge on any atom is -1.00 e. The zero-order valence-corrected chi connectivity index (χ0v) is 9.00. The second-order valence-electron chi connectivity index (χ2n) is 2.79. The SMILES string of the molecule is C[C@H]([NH3+])C(=O)NCC(=O)NCC(=O)O.[Cl-]. The Kier molecular flexibility index (Phi) is 8.60. The number of hydrogen-bond donors (Lipinski definition) is 4. The van der Waals surface area contributed by atoms with Gasteiger partial charge >= 0.3 is 5.97 Å². The van der Waals surface area contributed by atoms with Gasteiger partial charge in [-0.05, 0) is 6.92 Å². The Labute approximate surface area is 92.8 Å². The van der Waals surface area contributed by atoms with Gasteiger partial charge in [-0.2, -0.15) is 0 Å². The van der Waals surface area contributed by atoms with Gasteiger partial charge in [-0.15, -0.1) is 0 Å². The summed E-state index contributed by atoms with van der Waals surface area (Å²) in [7, 11) is 0. The molecule has 0 rings (SSSR count). The predicted molar refractivity (Wildman–Crippen MR) is 46.0 cm³/mol.